The lowest BCUT2D eigenvalue weighted by molar-refractivity contribution is 0.173. The maximum Gasteiger partial charge on any atom is 0.274 e. The molecule has 152 valence electrons. The topological polar surface area (TPSA) is 80.9 Å². The van der Waals surface area contributed by atoms with E-state index in [1.165, 1.54) is 9.13 Å². The first-order valence-corrected chi connectivity index (χ1v) is 9.30. The predicted molar refractivity (Wildman–Crippen MR) is 108 cm³/mol. The fourth-order valence-electron chi connectivity index (χ4n) is 3.49. The number of aromatic nitrogens is 2. The summed E-state index contributed by atoms with van der Waals surface area (Å²) in [6, 6.07) is 10.7. The molecule has 0 atom stereocenters. The number of fused-ring (bicyclic) bond motifs is 2. The molecule has 8 heteroatoms. The second-order valence-corrected chi connectivity index (χ2v) is 7.01. The van der Waals surface area contributed by atoms with Crippen LogP contribution in [0, 0.1) is 0 Å². The van der Waals surface area contributed by atoms with Gasteiger partial charge >= 0.3 is 0 Å². The molecule has 2 aliphatic heterocycles. The average Bonchev–Trinajstić information content (AvgIpc) is 3.41. The SMILES string of the molecule is Cn1c(=O)/c(=C\c2ccc3c(c2)OCO3)n(C)c(=O)/c1=C\c1ccc2c(c1)OCO2. The molecule has 0 amide bonds. The molecule has 1 aromatic heterocycles. The van der Waals surface area contributed by atoms with Gasteiger partial charge in [0.1, 0.15) is 10.7 Å². The summed E-state index contributed by atoms with van der Waals surface area (Å²) < 4.78 is 24.1. The zero-order chi connectivity index (χ0) is 20.8. The normalized spacial score (nSPS) is 15.1. The van der Waals surface area contributed by atoms with Crippen molar-refractivity contribution >= 4 is 12.2 Å². The molecular weight excluding hydrogens is 388 g/mol. The summed E-state index contributed by atoms with van der Waals surface area (Å²) in [5, 5.41) is 0.536. The van der Waals surface area contributed by atoms with E-state index in [1.807, 2.05) is 12.1 Å². The Kier molecular flexibility index (Phi) is 4.13. The quantitative estimate of drug-likeness (QED) is 0.605. The molecule has 2 aliphatic rings. The van der Waals surface area contributed by atoms with Gasteiger partial charge in [-0.05, 0) is 47.5 Å². The molecule has 3 heterocycles. The van der Waals surface area contributed by atoms with Gasteiger partial charge in [-0.3, -0.25) is 9.59 Å². The van der Waals surface area contributed by atoms with E-state index in [4.69, 9.17) is 18.9 Å². The smallest absolute Gasteiger partial charge is 0.274 e. The minimum Gasteiger partial charge on any atom is -0.454 e. The molecule has 2 aromatic carbocycles. The van der Waals surface area contributed by atoms with Crippen LogP contribution in [0.25, 0.3) is 12.2 Å². The van der Waals surface area contributed by atoms with E-state index in [9.17, 15) is 9.59 Å². The molecule has 0 fully saturated rings. The Balaban J connectivity index is 1.66. The molecule has 0 radical (unpaired) electrons. The van der Waals surface area contributed by atoms with Gasteiger partial charge in [0.05, 0.1) is 0 Å². The first-order valence-electron chi connectivity index (χ1n) is 9.30. The van der Waals surface area contributed by atoms with Gasteiger partial charge in [-0.1, -0.05) is 12.1 Å². The number of rotatable bonds is 2. The lowest BCUT2D eigenvalue weighted by atomic mass is 10.2. The fraction of sp³-hybridized carbons (Fsp3) is 0.182. The summed E-state index contributed by atoms with van der Waals surface area (Å²) in [4.78, 5) is 26.1. The highest BCUT2D eigenvalue weighted by Crippen LogP contribution is 2.33. The van der Waals surface area contributed by atoms with Crippen LogP contribution in [0.15, 0.2) is 46.0 Å². The number of nitrogens with zero attached hydrogens (tertiary/aromatic N) is 2. The van der Waals surface area contributed by atoms with Gasteiger partial charge < -0.3 is 28.1 Å². The van der Waals surface area contributed by atoms with Crippen molar-refractivity contribution in [1.82, 2.24) is 9.13 Å². The minimum absolute atomic E-state index is 0.170. The van der Waals surface area contributed by atoms with Crippen LogP contribution in [0.2, 0.25) is 0 Å². The van der Waals surface area contributed by atoms with E-state index in [1.54, 1.807) is 50.5 Å². The maximum atomic E-state index is 13.0. The van der Waals surface area contributed by atoms with Crippen molar-refractivity contribution in [2.45, 2.75) is 0 Å². The predicted octanol–water partition coefficient (Wildman–Crippen LogP) is 0.199. The molecule has 0 bridgehead atoms. The van der Waals surface area contributed by atoms with Gasteiger partial charge in [0.25, 0.3) is 11.1 Å². The first kappa shape index (κ1) is 18.1. The molecule has 0 aliphatic carbocycles. The second kappa shape index (κ2) is 6.84. The van der Waals surface area contributed by atoms with E-state index in [0.717, 1.165) is 11.1 Å². The summed E-state index contributed by atoms with van der Waals surface area (Å²) in [5.41, 5.74) is 0.890. The number of ether oxygens (including phenoxy) is 4. The van der Waals surface area contributed by atoms with E-state index < -0.39 is 0 Å². The van der Waals surface area contributed by atoms with Crippen molar-refractivity contribution in [3.63, 3.8) is 0 Å². The van der Waals surface area contributed by atoms with Crippen molar-refractivity contribution in [3.8, 4) is 23.0 Å². The Bertz CT molecular complexity index is 1310. The summed E-state index contributed by atoms with van der Waals surface area (Å²) in [5.74, 6) is 2.53. The van der Waals surface area contributed by atoms with E-state index in [-0.39, 0.29) is 35.4 Å². The standard InChI is InChI=1S/C22H18N2O6/c1-23-15(7-13-3-5-17-19(9-13)29-11-27-17)22(26)24(2)16(21(23)25)8-14-4-6-18-20(10-14)30-12-28-18/h3-10H,11-12H2,1-2H3/b15-7+,16-8+. The van der Waals surface area contributed by atoms with Crippen LogP contribution < -0.4 is 40.8 Å². The van der Waals surface area contributed by atoms with Gasteiger partial charge in [0.2, 0.25) is 13.6 Å². The average molecular weight is 406 g/mol. The Labute approximate surface area is 170 Å². The van der Waals surface area contributed by atoms with Gasteiger partial charge in [0.15, 0.2) is 23.0 Å². The third-order valence-electron chi connectivity index (χ3n) is 5.17. The monoisotopic (exact) mass is 406 g/mol. The Hall–Kier alpha value is -3.94. The van der Waals surface area contributed by atoms with Crippen LogP contribution in [0.5, 0.6) is 23.0 Å². The van der Waals surface area contributed by atoms with Crippen LogP contribution in [0.1, 0.15) is 11.1 Å². The minimum atomic E-state index is -0.290. The molecule has 30 heavy (non-hydrogen) atoms. The molecule has 0 spiro atoms. The number of hydrogen-bond donors (Lipinski definition) is 0. The van der Waals surface area contributed by atoms with Gasteiger partial charge in [0, 0.05) is 14.1 Å². The summed E-state index contributed by atoms with van der Waals surface area (Å²) in [6.45, 7) is 0.340. The van der Waals surface area contributed by atoms with Crippen molar-refractivity contribution in [2.24, 2.45) is 14.1 Å². The molecule has 8 nitrogen and oxygen atoms in total. The van der Waals surface area contributed by atoms with Crippen molar-refractivity contribution in [2.75, 3.05) is 13.6 Å². The Morgan fingerprint density at radius 2 is 1.07 bits per heavy atom. The lowest BCUT2D eigenvalue weighted by Gasteiger charge is -2.06. The molecule has 3 aromatic rings. The molecule has 0 saturated carbocycles. The highest BCUT2D eigenvalue weighted by atomic mass is 16.7. The van der Waals surface area contributed by atoms with Crippen molar-refractivity contribution in [1.29, 1.82) is 0 Å². The second-order valence-electron chi connectivity index (χ2n) is 7.01. The van der Waals surface area contributed by atoms with Crippen LogP contribution in [0.4, 0.5) is 0 Å². The number of hydrogen-bond acceptors (Lipinski definition) is 6. The Morgan fingerprint density at radius 3 is 1.50 bits per heavy atom. The van der Waals surface area contributed by atoms with Gasteiger partial charge in [-0.25, -0.2) is 0 Å². The third-order valence-corrected chi connectivity index (χ3v) is 5.17. The van der Waals surface area contributed by atoms with Gasteiger partial charge in [-0.2, -0.15) is 0 Å². The van der Waals surface area contributed by atoms with E-state index in [2.05, 4.69) is 0 Å². The van der Waals surface area contributed by atoms with Gasteiger partial charge in [-0.15, -0.1) is 0 Å². The van der Waals surface area contributed by atoms with Crippen LogP contribution in [-0.2, 0) is 14.1 Å². The molecule has 0 N–H and O–H groups in total. The van der Waals surface area contributed by atoms with E-state index >= 15 is 0 Å². The summed E-state index contributed by atoms with van der Waals surface area (Å²) in [7, 11) is 3.17. The maximum absolute atomic E-state index is 13.0. The lowest BCUT2D eigenvalue weighted by Crippen LogP contribution is -2.56. The van der Waals surface area contributed by atoms with Crippen LogP contribution in [-0.4, -0.2) is 22.7 Å². The van der Waals surface area contributed by atoms with Crippen LogP contribution >= 0.6 is 0 Å². The van der Waals surface area contributed by atoms with Crippen molar-refractivity contribution in [3.05, 3.63) is 78.9 Å². The molecule has 0 unspecified atom stereocenters. The zero-order valence-corrected chi connectivity index (χ0v) is 16.4. The summed E-state index contributed by atoms with van der Waals surface area (Å²) >= 11 is 0. The third kappa shape index (κ3) is 2.93. The highest BCUT2D eigenvalue weighted by molar-refractivity contribution is 5.57. The van der Waals surface area contributed by atoms with Crippen molar-refractivity contribution < 1.29 is 18.9 Å². The molecular formula is C22H18N2O6. The largest absolute Gasteiger partial charge is 0.454 e. The van der Waals surface area contributed by atoms with Crippen LogP contribution in [0.3, 0.4) is 0 Å². The first-order chi connectivity index (χ1) is 14.5. The van der Waals surface area contributed by atoms with E-state index in [0.29, 0.717) is 23.0 Å². The zero-order valence-electron chi connectivity index (χ0n) is 16.4. The highest BCUT2D eigenvalue weighted by Gasteiger charge is 2.14. The molecule has 0 saturated heterocycles. The Morgan fingerprint density at radius 1 is 0.667 bits per heavy atom. The fourth-order valence-corrected chi connectivity index (χ4v) is 3.49. The number of benzene rings is 2. The molecule has 5 rings (SSSR count). The summed E-state index contributed by atoms with van der Waals surface area (Å²) in [6.07, 6.45) is 3.33.